The van der Waals surface area contributed by atoms with Crippen LogP contribution in [0.5, 0.6) is 0 Å². The summed E-state index contributed by atoms with van der Waals surface area (Å²) in [6.45, 7) is 3.83. The number of ether oxygens (including phenoxy) is 1. The van der Waals surface area contributed by atoms with E-state index in [1.807, 2.05) is 49.9 Å². The van der Waals surface area contributed by atoms with E-state index in [4.69, 9.17) is 4.74 Å². The molecule has 0 aromatic heterocycles. The average molecular weight is 546 g/mol. The van der Waals surface area contributed by atoms with Crippen molar-refractivity contribution in [3.63, 3.8) is 0 Å². The highest BCUT2D eigenvalue weighted by atomic mass is 32.2. The third-order valence-corrected chi connectivity index (χ3v) is 8.46. The molecule has 39 heavy (non-hydrogen) atoms. The molecule has 6 heteroatoms. The van der Waals surface area contributed by atoms with Gasteiger partial charge in [-0.3, -0.25) is 4.79 Å². The van der Waals surface area contributed by atoms with Crippen molar-refractivity contribution in [3.05, 3.63) is 120 Å². The van der Waals surface area contributed by atoms with Crippen molar-refractivity contribution in [2.24, 2.45) is 5.92 Å². The van der Waals surface area contributed by atoms with Crippen molar-refractivity contribution in [1.29, 1.82) is 0 Å². The van der Waals surface area contributed by atoms with Gasteiger partial charge in [0.15, 0.2) is 0 Å². The lowest BCUT2D eigenvalue weighted by atomic mass is 9.84. The Morgan fingerprint density at radius 1 is 0.923 bits per heavy atom. The maximum atomic E-state index is 12.5. The molecule has 0 saturated carbocycles. The quantitative estimate of drug-likeness (QED) is 0.111. The summed E-state index contributed by atoms with van der Waals surface area (Å²) in [5.74, 6) is -0.121. The minimum absolute atomic E-state index is 0.0646. The Labute approximate surface area is 236 Å². The molecule has 0 heterocycles. The number of hydrogen-bond acceptors (Lipinski definition) is 5. The smallest absolute Gasteiger partial charge is 0.328 e. The second kappa shape index (κ2) is 15.3. The van der Waals surface area contributed by atoms with Gasteiger partial charge in [-0.2, -0.15) is 0 Å². The Bertz CT molecular complexity index is 1090. The predicted molar refractivity (Wildman–Crippen MR) is 159 cm³/mol. The van der Waals surface area contributed by atoms with E-state index >= 15 is 0 Å². The fraction of sp³-hybridized carbons (Fsp3) is 0.333. The van der Waals surface area contributed by atoms with E-state index in [9.17, 15) is 14.7 Å². The maximum Gasteiger partial charge on any atom is 0.328 e. The van der Waals surface area contributed by atoms with Gasteiger partial charge >= 0.3 is 5.97 Å². The number of benzene rings is 3. The molecular formula is C33H39NO4S. The van der Waals surface area contributed by atoms with Crippen LogP contribution in [0.25, 0.3) is 0 Å². The van der Waals surface area contributed by atoms with Crippen LogP contribution < -0.4 is 5.32 Å². The minimum Gasteiger partial charge on any atom is -0.467 e. The molecule has 0 fully saturated rings. The molecule has 0 aliphatic rings. The summed E-state index contributed by atoms with van der Waals surface area (Å²) in [5.41, 5.74) is 3.61. The second-order valence-corrected chi connectivity index (χ2v) is 10.9. The number of methoxy groups -OCH3 is 1. The third kappa shape index (κ3) is 8.07. The summed E-state index contributed by atoms with van der Waals surface area (Å²) >= 11 is 1.85. The van der Waals surface area contributed by atoms with Crippen LogP contribution in [-0.2, 0) is 19.1 Å². The van der Waals surface area contributed by atoms with Gasteiger partial charge in [-0.1, -0.05) is 123 Å². The Hall–Kier alpha value is -3.35. The third-order valence-electron chi connectivity index (χ3n) is 6.88. The van der Waals surface area contributed by atoms with Gasteiger partial charge in [0.2, 0.25) is 5.91 Å². The molecule has 1 amide bonds. The van der Waals surface area contributed by atoms with E-state index in [2.05, 4.69) is 78.1 Å². The van der Waals surface area contributed by atoms with Crippen molar-refractivity contribution in [2.75, 3.05) is 12.9 Å². The van der Waals surface area contributed by atoms with Gasteiger partial charge in [-0.25, -0.2) is 4.79 Å². The van der Waals surface area contributed by atoms with Crippen molar-refractivity contribution < 1.29 is 19.4 Å². The number of carbonyl (C=O) groups is 2. The Balaban J connectivity index is 1.69. The molecule has 0 saturated heterocycles. The van der Waals surface area contributed by atoms with Gasteiger partial charge in [0.25, 0.3) is 0 Å². The van der Waals surface area contributed by atoms with Gasteiger partial charge in [-0.05, 0) is 34.8 Å². The summed E-state index contributed by atoms with van der Waals surface area (Å²) in [6.07, 6.45) is 3.96. The Morgan fingerprint density at radius 3 is 1.85 bits per heavy atom. The molecule has 0 radical (unpaired) electrons. The first-order valence-electron chi connectivity index (χ1n) is 13.4. The van der Waals surface area contributed by atoms with Crippen LogP contribution in [0.15, 0.2) is 103 Å². The van der Waals surface area contributed by atoms with Crippen molar-refractivity contribution in [2.45, 2.75) is 50.0 Å². The van der Waals surface area contributed by atoms with E-state index in [0.29, 0.717) is 0 Å². The zero-order chi connectivity index (χ0) is 28.1. The van der Waals surface area contributed by atoms with E-state index in [1.165, 1.54) is 23.8 Å². The van der Waals surface area contributed by atoms with Crippen LogP contribution in [0.1, 0.15) is 49.8 Å². The van der Waals surface area contributed by atoms with Crippen LogP contribution >= 0.6 is 11.8 Å². The summed E-state index contributed by atoms with van der Waals surface area (Å²) in [7, 11) is 1.31. The molecule has 3 rings (SSSR count). The number of hydrogen-bond donors (Lipinski definition) is 2. The highest BCUT2D eigenvalue weighted by Gasteiger charge is 2.36. The topological polar surface area (TPSA) is 75.6 Å². The highest BCUT2D eigenvalue weighted by molar-refractivity contribution is 8.00. The minimum atomic E-state index is -0.938. The number of aliphatic hydroxyl groups excluding tert-OH is 1. The molecule has 206 valence electrons. The molecule has 0 aliphatic carbocycles. The van der Waals surface area contributed by atoms with E-state index in [-0.39, 0.29) is 18.2 Å². The molecule has 3 atom stereocenters. The molecule has 0 spiro atoms. The lowest BCUT2D eigenvalue weighted by molar-refractivity contribution is -0.146. The number of rotatable bonds is 14. The zero-order valence-corrected chi connectivity index (χ0v) is 23.8. The van der Waals surface area contributed by atoms with E-state index < -0.39 is 22.9 Å². The van der Waals surface area contributed by atoms with Crippen molar-refractivity contribution in [3.8, 4) is 0 Å². The summed E-state index contributed by atoms with van der Waals surface area (Å²) in [4.78, 5) is 24.5. The maximum absolute atomic E-state index is 12.5. The van der Waals surface area contributed by atoms with Gasteiger partial charge in [0.1, 0.15) is 6.04 Å². The number of nitrogens with one attached hydrogen (secondary N) is 1. The van der Waals surface area contributed by atoms with Gasteiger partial charge in [0.05, 0.1) is 24.4 Å². The second-order valence-electron chi connectivity index (χ2n) is 9.57. The van der Waals surface area contributed by atoms with Crippen molar-refractivity contribution >= 4 is 23.6 Å². The average Bonchev–Trinajstić information content (AvgIpc) is 2.98. The summed E-state index contributed by atoms with van der Waals surface area (Å²) in [5, 5.41) is 13.2. The molecule has 3 aromatic rings. The van der Waals surface area contributed by atoms with Crippen LogP contribution in [0.2, 0.25) is 0 Å². The lowest BCUT2D eigenvalue weighted by Gasteiger charge is -2.35. The number of aliphatic hydroxyl groups is 1. The van der Waals surface area contributed by atoms with E-state index in [0.717, 1.165) is 18.6 Å². The van der Waals surface area contributed by atoms with Gasteiger partial charge in [0, 0.05) is 0 Å². The number of carbonyl (C=O) groups excluding carboxylic acids is 2. The van der Waals surface area contributed by atoms with Crippen LogP contribution in [-0.4, -0.2) is 42.0 Å². The molecule has 2 N–H and O–H groups in total. The lowest BCUT2D eigenvalue weighted by Crippen LogP contribution is -2.46. The number of allylic oxidation sites excluding steroid dienone is 1. The van der Waals surface area contributed by atoms with Crippen LogP contribution in [0.4, 0.5) is 0 Å². The molecule has 0 bridgehead atoms. The molecule has 5 nitrogen and oxygen atoms in total. The van der Waals surface area contributed by atoms with Crippen LogP contribution in [0, 0.1) is 5.92 Å². The molecule has 0 aliphatic heterocycles. The predicted octanol–water partition coefficient (Wildman–Crippen LogP) is 6.11. The normalized spacial score (nSPS) is 13.9. The first-order chi connectivity index (χ1) is 18.9. The number of thioether (sulfide) groups is 1. The Kier molecular flexibility index (Phi) is 11.8. The molecular weight excluding hydrogens is 506 g/mol. The van der Waals surface area contributed by atoms with Gasteiger partial charge < -0.3 is 15.2 Å². The standard InChI is InChI=1S/C33H39NO4S/c1-4-25(2)31(32(37)38-3)34-30(36)24-29(35)22-14-15-23-39-33(26-16-8-5-9-17-26,27-18-10-6-11-19-27)28-20-12-7-13-21-28/h5-14,16-22,25,29,31,35H,4,15,23-24H2,1-3H3,(H,34,36). The first kappa shape index (κ1) is 30.2. The monoisotopic (exact) mass is 545 g/mol. The number of amides is 1. The Morgan fingerprint density at radius 2 is 1.41 bits per heavy atom. The van der Waals surface area contributed by atoms with Crippen LogP contribution in [0.3, 0.4) is 0 Å². The SMILES string of the molecule is CCC(C)C(NC(=O)CC(O)C=CCCSC(c1ccccc1)(c1ccccc1)c1ccccc1)C(=O)OC. The first-order valence-corrected chi connectivity index (χ1v) is 14.4. The molecule has 3 aromatic carbocycles. The van der Waals surface area contributed by atoms with Crippen molar-refractivity contribution in [1.82, 2.24) is 5.32 Å². The fourth-order valence-electron chi connectivity index (χ4n) is 4.59. The summed E-state index contributed by atoms with van der Waals surface area (Å²) in [6, 6.07) is 30.9. The largest absolute Gasteiger partial charge is 0.467 e. The fourth-order valence-corrected chi connectivity index (χ4v) is 6.06. The zero-order valence-electron chi connectivity index (χ0n) is 23.0. The number of esters is 1. The van der Waals surface area contributed by atoms with Gasteiger partial charge in [-0.15, -0.1) is 11.8 Å². The molecule has 3 unspecified atom stereocenters. The highest BCUT2D eigenvalue weighted by Crippen LogP contribution is 2.48. The van der Waals surface area contributed by atoms with E-state index in [1.54, 1.807) is 6.08 Å². The summed E-state index contributed by atoms with van der Waals surface area (Å²) < 4.78 is 4.43.